The first-order valence-corrected chi connectivity index (χ1v) is 11.1. The zero-order chi connectivity index (χ0) is 22.0. The molecule has 0 bridgehead atoms. The molecule has 7 heteroatoms. The molecule has 1 aliphatic carbocycles. The van der Waals surface area contributed by atoms with Gasteiger partial charge in [0.2, 0.25) is 0 Å². The Kier molecular flexibility index (Phi) is 6.34. The van der Waals surface area contributed by atoms with Gasteiger partial charge in [0.1, 0.15) is 23.1 Å². The fourth-order valence-corrected chi connectivity index (χ4v) is 4.12. The minimum atomic E-state index is -0.748. The molecule has 1 aliphatic rings. The number of benzene rings is 2. The Morgan fingerprint density at radius 2 is 1.90 bits per heavy atom. The number of hydrogen-bond donors (Lipinski definition) is 2. The number of ether oxygens (including phenoxy) is 1. The molecule has 1 heterocycles. The third-order valence-electron chi connectivity index (χ3n) is 5.11. The molecule has 0 saturated heterocycles. The summed E-state index contributed by atoms with van der Waals surface area (Å²) in [6.07, 6.45) is 2.88. The van der Waals surface area contributed by atoms with Crippen molar-refractivity contribution in [2.45, 2.75) is 26.3 Å². The molecule has 1 unspecified atom stereocenters. The molecule has 2 aromatic carbocycles. The maximum Gasteiger partial charge on any atom is 0.168 e. The lowest BCUT2D eigenvalue weighted by atomic mass is 9.88. The Morgan fingerprint density at radius 1 is 1.10 bits per heavy atom. The van der Waals surface area contributed by atoms with E-state index in [0.29, 0.717) is 5.75 Å². The molecule has 1 atom stereocenters. The summed E-state index contributed by atoms with van der Waals surface area (Å²) in [6, 6.07) is 11.1. The van der Waals surface area contributed by atoms with Gasteiger partial charge in [-0.05, 0) is 62.4 Å². The van der Waals surface area contributed by atoms with Gasteiger partial charge in [0, 0.05) is 28.6 Å². The minimum absolute atomic E-state index is 0.0283. The van der Waals surface area contributed by atoms with Crippen molar-refractivity contribution in [1.82, 2.24) is 5.32 Å². The van der Waals surface area contributed by atoms with E-state index in [4.69, 9.17) is 9.15 Å². The van der Waals surface area contributed by atoms with E-state index in [2.05, 4.69) is 23.0 Å². The molecule has 4 rings (SSSR count). The van der Waals surface area contributed by atoms with Crippen molar-refractivity contribution in [2.24, 2.45) is 0 Å². The Balaban J connectivity index is 1.80. The molecular formula is C24H24F2N2O2S. The predicted molar refractivity (Wildman–Crippen MR) is 122 cm³/mol. The van der Waals surface area contributed by atoms with Crippen LogP contribution in [0.15, 0.2) is 53.0 Å². The van der Waals surface area contributed by atoms with E-state index in [0.717, 1.165) is 52.1 Å². The second kappa shape index (κ2) is 9.16. The van der Waals surface area contributed by atoms with Crippen molar-refractivity contribution in [2.75, 3.05) is 17.5 Å². The lowest BCUT2D eigenvalue weighted by Gasteiger charge is -2.23. The van der Waals surface area contributed by atoms with Crippen LogP contribution in [0.4, 0.5) is 14.5 Å². The van der Waals surface area contributed by atoms with Gasteiger partial charge in [0.15, 0.2) is 11.6 Å². The SMILES string of the molecule is CCSNc1ccc(Oc2ccc(F)cc2F)c(C2=CCC(NC)c3oc(C)cc32)c1. The molecule has 0 fully saturated rings. The third-order valence-corrected chi connectivity index (χ3v) is 5.78. The molecule has 1 aromatic heterocycles. The fourth-order valence-electron chi connectivity index (χ4n) is 3.68. The van der Waals surface area contributed by atoms with Crippen LogP contribution in [0, 0.1) is 18.6 Å². The predicted octanol–water partition coefficient (Wildman–Crippen LogP) is 6.83. The van der Waals surface area contributed by atoms with E-state index < -0.39 is 11.6 Å². The summed E-state index contributed by atoms with van der Waals surface area (Å²) >= 11 is 1.58. The van der Waals surface area contributed by atoms with Gasteiger partial charge in [-0.1, -0.05) is 24.9 Å². The number of furan rings is 1. The fraction of sp³-hybridized carbons (Fsp3) is 0.250. The molecule has 3 aromatic rings. The zero-order valence-corrected chi connectivity index (χ0v) is 18.4. The van der Waals surface area contributed by atoms with Crippen molar-refractivity contribution in [3.8, 4) is 11.5 Å². The van der Waals surface area contributed by atoms with E-state index >= 15 is 0 Å². The average Bonchev–Trinajstić information content (AvgIpc) is 3.15. The summed E-state index contributed by atoms with van der Waals surface area (Å²) in [7, 11) is 1.91. The van der Waals surface area contributed by atoms with Crippen molar-refractivity contribution < 1.29 is 17.9 Å². The highest BCUT2D eigenvalue weighted by Crippen LogP contribution is 2.43. The minimum Gasteiger partial charge on any atom is -0.464 e. The van der Waals surface area contributed by atoms with Gasteiger partial charge in [-0.2, -0.15) is 0 Å². The highest BCUT2D eigenvalue weighted by atomic mass is 32.2. The van der Waals surface area contributed by atoms with Gasteiger partial charge in [-0.25, -0.2) is 8.78 Å². The number of hydrogen-bond acceptors (Lipinski definition) is 5. The maximum absolute atomic E-state index is 14.3. The van der Waals surface area contributed by atoms with Crippen LogP contribution in [-0.4, -0.2) is 12.8 Å². The van der Waals surface area contributed by atoms with Gasteiger partial charge < -0.3 is 19.2 Å². The van der Waals surface area contributed by atoms with Crippen molar-refractivity contribution in [1.29, 1.82) is 0 Å². The second-order valence-electron chi connectivity index (χ2n) is 7.25. The molecule has 162 valence electrons. The summed E-state index contributed by atoms with van der Waals surface area (Å²) in [6.45, 7) is 3.99. The summed E-state index contributed by atoms with van der Waals surface area (Å²) < 4.78 is 42.8. The monoisotopic (exact) mass is 442 g/mol. The Hall–Kier alpha value is -2.77. The Labute approximate surface area is 184 Å². The van der Waals surface area contributed by atoms with Crippen LogP contribution in [0.2, 0.25) is 0 Å². The quantitative estimate of drug-likeness (QED) is 0.393. The second-order valence-corrected chi connectivity index (χ2v) is 8.32. The molecular weight excluding hydrogens is 418 g/mol. The summed E-state index contributed by atoms with van der Waals surface area (Å²) in [5, 5.41) is 3.28. The Bertz CT molecular complexity index is 1130. The third kappa shape index (κ3) is 4.48. The van der Waals surface area contributed by atoms with Crippen LogP contribution in [0.3, 0.4) is 0 Å². The van der Waals surface area contributed by atoms with E-state index in [1.54, 1.807) is 18.0 Å². The summed E-state index contributed by atoms with van der Waals surface area (Å²) in [5.41, 5.74) is 3.66. The standard InChI is InChI=1S/C24H24F2N2O2S/c1-4-31-28-16-6-10-22(30-23-9-5-15(25)12-20(23)26)18(13-16)17-7-8-21(27-3)24-19(17)11-14(2)29-24/h5-7,9-13,21,27-28H,4,8H2,1-3H3. The lowest BCUT2D eigenvalue weighted by molar-refractivity contribution is 0.414. The Morgan fingerprint density at radius 3 is 2.65 bits per heavy atom. The van der Waals surface area contributed by atoms with E-state index in [1.807, 2.05) is 32.2 Å². The normalized spacial score (nSPS) is 15.4. The highest BCUT2D eigenvalue weighted by Gasteiger charge is 2.27. The largest absolute Gasteiger partial charge is 0.464 e. The molecule has 2 N–H and O–H groups in total. The first-order chi connectivity index (χ1) is 15.0. The van der Waals surface area contributed by atoms with Crippen molar-refractivity contribution >= 4 is 23.2 Å². The van der Waals surface area contributed by atoms with Crippen LogP contribution in [0.5, 0.6) is 11.5 Å². The first-order valence-electron chi connectivity index (χ1n) is 10.1. The van der Waals surface area contributed by atoms with E-state index in [1.165, 1.54) is 12.1 Å². The molecule has 0 aliphatic heterocycles. The van der Waals surface area contributed by atoms with Crippen LogP contribution in [0.1, 0.15) is 42.0 Å². The molecule has 31 heavy (non-hydrogen) atoms. The van der Waals surface area contributed by atoms with Gasteiger partial charge in [0.05, 0.1) is 6.04 Å². The molecule has 0 saturated carbocycles. The summed E-state index contributed by atoms with van der Waals surface area (Å²) in [5.74, 6) is 1.66. The van der Waals surface area contributed by atoms with Gasteiger partial charge >= 0.3 is 0 Å². The van der Waals surface area contributed by atoms with E-state index in [9.17, 15) is 8.78 Å². The van der Waals surface area contributed by atoms with Crippen LogP contribution < -0.4 is 14.8 Å². The molecule has 0 amide bonds. The number of anilines is 1. The molecule has 0 spiro atoms. The number of nitrogens with one attached hydrogen (secondary N) is 2. The molecule has 4 nitrogen and oxygen atoms in total. The summed E-state index contributed by atoms with van der Waals surface area (Å²) in [4.78, 5) is 0. The zero-order valence-electron chi connectivity index (χ0n) is 17.6. The molecule has 0 radical (unpaired) electrons. The number of halogens is 2. The topological polar surface area (TPSA) is 46.4 Å². The van der Waals surface area contributed by atoms with Crippen molar-refractivity contribution in [3.63, 3.8) is 0 Å². The van der Waals surface area contributed by atoms with Crippen LogP contribution >= 0.6 is 11.9 Å². The lowest BCUT2D eigenvalue weighted by Crippen LogP contribution is -2.18. The van der Waals surface area contributed by atoms with E-state index in [-0.39, 0.29) is 11.8 Å². The van der Waals surface area contributed by atoms with Gasteiger partial charge in [-0.15, -0.1) is 0 Å². The van der Waals surface area contributed by atoms with Crippen molar-refractivity contribution in [3.05, 3.63) is 82.8 Å². The number of fused-ring (bicyclic) bond motifs is 1. The van der Waals surface area contributed by atoms with Gasteiger partial charge in [-0.3, -0.25) is 0 Å². The smallest absolute Gasteiger partial charge is 0.168 e. The van der Waals surface area contributed by atoms with Crippen LogP contribution in [0.25, 0.3) is 5.57 Å². The van der Waals surface area contributed by atoms with Crippen LogP contribution in [-0.2, 0) is 0 Å². The average molecular weight is 443 g/mol. The highest BCUT2D eigenvalue weighted by molar-refractivity contribution is 8.00. The number of aryl methyl sites for hydroxylation is 1. The maximum atomic E-state index is 14.3. The first kappa shape index (κ1) is 21.5. The van der Waals surface area contributed by atoms with Gasteiger partial charge in [0.25, 0.3) is 0 Å². The number of rotatable bonds is 7.